The summed E-state index contributed by atoms with van der Waals surface area (Å²) in [5.74, 6) is 0. The Labute approximate surface area is 61.5 Å². The van der Waals surface area contributed by atoms with Gasteiger partial charge >= 0.3 is 0 Å². The summed E-state index contributed by atoms with van der Waals surface area (Å²) in [5, 5.41) is 0. The first-order chi connectivity index (χ1) is 4.93. The first-order valence-electron chi connectivity index (χ1n) is 3.92. The maximum Gasteiger partial charge on any atom is 0.0977 e. The molecule has 1 atom stereocenters. The number of rotatable bonds is 4. The van der Waals surface area contributed by atoms with Crippen LogP contribution in [0.4, 0.5) is 0 Å². The number of quaternary nitrogens is 1. The van der Waals surface area contributed by atoms with Crippen LogP contribution in [0.1, 0.15) is 12.8 Å². The minimum absolute atomic E-state index is 0.367. The van der Waals surface area contributed by atoms with Gasteiger partial charge in [-0.1, -0.05) is 0 Å². The largest absolute Gasteiger partial charge is 0.376 e. The summed E-state index contributed by atoms with van der Waals surface area (Å²) in [6.07, 6.45) is 2.72. The van der Waals surface area contributed by atoms with Crippen LogP contribution < -0.4 is 5.73 Å². The maximum atomic E-state index is 5.35. The van der Waals surface area contributed by atoms with E-state index in [4.69, 9.17) is 9.47 Å². The van der Waals surface area contributed by atoms with E-state index in [-0.39, 0.29) is 0 Å². The fourth-order valence-electron chi connectivity index (χ4n) is 1.09. The van der Waals surface area contributed by atoms with Crippen LogP contribution in [-0.4, -0.2) is 32.5 Å². The van der Waals surface area contributed by atoms with Crippen LogP contribution in [0.2, 0.25) is 0 Å². The fraction of sp³-hybridized carbons (Fsp3) is 1.00. The average molecular weight is 146 g/mol. The van der Waals surface area contributed by atoms with Gasteiger partial charge < -0.3 is 15.2 Å². The molecule has 1 aliphatic rings. The number of hydrogen-bond acceptors (Lipinski definition) is 2. The lowest BCUT2D eigenvalue weighted by Gasteiger charge is -2.07. The highest BCUT2D eigenvalue weighted by molar-refractivity contribution is 4.62. The molecular formula is C7H16NO2+. The standard InChI is InChI=1S/C7H15NO2/c8-3-5-9-6-7-2-1-4-10-7/h7H,1-6,8H2/p+1/t7-/m1/s1. The van der Waals surface area contributed by atoms with Gasteiger partial charge in [-0.15, -0.1) is 0 Å². The Kier molecular flexibility index (Phi) is 3.72. The number of hydrogen-bond donors (Lipinski definition) is 1. The van der Waals surface area contributed by atoms with Crippen molar-refractivity contribution in [1.29, 1.82) is 0 Å². The molecule has 0 aliphatic carbocycles. The Morgan fingerprint density at radius 1 is 1.60 bits per heavy atom. The van der Waals surface area contributed by atoms with Crippen LogP contribution in [0.25, 0.3) is 0 Å². The van der Waals surface area contributed by atoms with E-state index < -0.39 is 0 Å². The van der Waals surface area contributed by atoms with E-state index in [0.717, 1.165) is 32.8 Å². The maximum absolute atomic E-state index is 5.35. The average Bonchev–Trinajstić information content (AvgIpc) is 2.41. The molecule has 0 radical (unpaired) electrons. The zero-order valence-electron chi connectivity index (χ0n) is 6.34. The molecule has 0 unspecified atom stereocenters. The van der Waals surface area contributed by atoms with Crippen LogP contribution in [0, 0.1) is 0 Å². The molecule has 3 N–H and O–H groups in total. The van der Waals surface area contributed by atoms with E-state index in [0.29, 0.717) is 6.10 Å². The summed E-state index contributed by atoms with van der Waals surface area (Å²) in [5.41, 5.74) is 3.68. The van der Waals surface area contributed by atoms with Crippen LogP contribution in [0.5, 0.6) is 0 Å². The van der Waals surface area contributed by atoms with Gasteiger partial charge in [-0.05, 0) is 12.8 Å². The third-order valence-electron chi connectivity index (χ3n) is 1.62. The van der Waals surface area contributed by atoms with Gasteiger partial charge in [0.25, 0.3) is 0 Å². The van der Waals surface area contributed by atoms with E-state index in [1.807, 2.05) is 0 Å². The predicted molar refractivity (Wildman–Crippen MR) is 37.5 cm³/mol. The van der Waals surface area contributed by atoms with Crippen molar-refractivity contribution in [3.8, 4) is 0 Å². The second-order valence-electron chi connectivity index (χ2n) is 2.56. The Balaban J connectivity index is 1.91. The van der Waals surface area contributed by atoms with Crippen molar-refractivity contribution in [3.63, 3.8) is 0 Å². The lowest BCUT2D eigenvalue weighted by atomic mass is 10.2. The van der Waals surface area contributed by atoms with E-state index >= 15 is 0 Å². The Bertz CT molecular complexity index is 81.7. The third kappa shape index (κ3) is 2.64. The lowest BCUT2D eigenvalue weighted by molar-refractivity contribution is -0.374. The van der Waals surface area contributed by atoms with Crippen LogP contribution in [0.15, 0.2) is 0 Å². The molecule has 0 saturated carbocycles. The van der Waals surface area contributed by atoms with Gasteiger partial charge in [0, 0.05) is 6.61 Å². The van der Waals surface area contributed by atoms with Crippen LogP contribution in [0.3, 0.4) is 0 Å². The Morgan fingerprint density at radius 3 is 3.10 bits per heavy atom. The topological polar surface area (TPSA) is 46.1 Å². The fourth-order valence-corrected chi connectivity index (χ4v) is 1.09. The van der Waals surface area contributed by atoms with Crippen molar-refractivity contribution >= 4 is 0 Å². The highest BCUT2D eigenvalue weighted by atomic mass is 16.5. The van der Waals surface area contributed by atoms with Crippen molar-refractivity contribution in [3.05, 3.63) is 0 Å². The van der Waals surface area contributed by atoms with Gasteiger partial charge in [-0.25, -0.2) is 0 Å². The second-order valence-corrected chi connectivity index (χ2v) is 2.56. The summed E-state index contributed by atoms with van der Waals surface area (Å²) in [7, 11) is 0. The van der Waals surface area contributed by atoms with Gasteiger partial charge in [0.15, 0.2) is 0 Å². The molecule has 1 aliphatic heterocycles. The smallest absolute Gasteiger partial charge is 0.0977 e. The van der Waals surface area contributed by atoms with Crippen molar-refractivity contribution in [2.24, 2.45) is 0 Å². The van der Waals surface area contributed by atoms with Crippen LogP contribution in [-0.2, 0) is 9.47 Å². The first kappa shape index (κ1) is 7.98. The Hall–Kier alpha value is -0.120. The molecular weight excluding hydrogens is 130 g/mol. The van der Waals surface area contributed by atoms with Gasteiger partial charge in [0.2, 0.25) is 0 Å². The van der Waals surface area contributed by atoms with Crippen molar-refractivity contribution in [2.45, 2.75) is 18.9 Å². The zero-order chi connectivity index (χ0) is 7.23. The van der Waals surface area contributed by atoms with Gasteiger partial charge in [-0.3, -0.25) is 0 Å². The Morgan fingerprint density at radius 2 is 2.50 bits per heavy atom. The molecule has 1 saturated heterocycles. The zero-order valence-corrected chi connectivity index (χ0v) is 6.34. The van der Waals surface area contributed by atoms with Gasteiger partial charge in [0.05, 0.1) is 25.9 Å². The van der Waals surface area contributed by atoms with E-state index in [9.17, 15) is 0 Å². The second kappa shape index (κ2) is 4.66. The molecule has 0 aromatic heterocycles. The first-order valence-corrected chi connectivity index (χ1v) is 3.92. The lowest BCUT2D eigenvalue weighted by Crippen LogP contribution is -2.52. The van der Waals surface area contributed by atoms with E-state index in [1.54, 1.807) is 0 Å². The van der Waals surface area contributed by atoms with Crippen molar-refractivity contribution < 1.29 is 15.2 Å². The SMILES string of the molecule is [NH3+]CCOC[C@H]1CCCO1. The van der Waals surface area contributed by atoms with Crippen molar-refractivity contribution in [1.82, 2.24) is 0 Å². The van der Waals surface area contributed by atoms with Crippen LogP contribution >= 0.6 is 0 Å². The molecule has 0 aromatic carbocycles. The third-order valence-corrected chi connectivity index (χ3v) is 1.62. The molecule has 0 spiro atoms. The molecule has 1 fully saturated rings. The van der Waals surface area contributed by atoms with Gasteiger partial charge in [0.1, 0.15) is 0 Å². The van der Waals surface area contributed by atoms with E-state index in [2.05, 4.69) is 5.73 Å². The van der Waals surface area contributed by atoms with Crippen molar-refractivity contribution in [2.75, 3.05) is 26.4 Å². The summed E-state index contributed by atoms with van der Waals surface area (Å²) < 4.78 is 10.6. The summed E-state index contributed by atoms with van der Waals surface area (Å²) >= 11 is 0. The minimum Gasteiger partial charge on any atom is -0.376 e. The molecule has 3 heteroatoms. The quantitative estimate of drug-likeness (QED) is 0.540. The molecule has 3 nitrogen and oxygen atoms in total. The highest BCUT2D eigenvalue weighted by Crippen LogP contribution is 2.11. The molecule has 60 valence electrons. The summed E-state index contributed by atoms with van der Waals surface area (Å²) in [6.45, 7) is 3.29. The molecule has 10 heavy (non-hydrogen) atoms. The predicted octanol–water partition coefficient (Wildman–Crippen LogP) is -0.576. The van der Waals surface area contributed by atoms with Gasteiger partial charge in [-0.2, -0.15) is 0 Å². The molecule has 1 heterocycles. The minimum atomic E-state index is 0.367. The monoisotopic (exact) mass is 146 g/mol. The molecule has 0 bridgehead atoms. The molecule has 1 rings (SSSR count). The number of ether oxygens (including phenoxy) is 2. The molecule has 0 amide bonds. The summed E-state index contributed by atoms with van der Waals surface area (Å²) in [6, 6.07) is 0. The normalized spacial score (nSPS) is 25.5. The van der Waals surface area contributed by atoms with E-state index in [1.165, 1.54) is 6.42 Å². The molecule has 0 aromatic rings. The highest BCUT2D eigenvalue weighted by Gasteiger charge is 2.14. The summed E-state index contributed by atoms with van der Waals surface area (Å²) in [4.78, 5) is 0.